The van der Waals surface area contributed by atoms with Gasteiger partial charge in [0.15, 0.2) is 0 Å². The number of rotatable bonds is 4. The second-order valence-corrected chi connectivity index (χ2v) is 2.96. The molecule has 0 aliphatic carbocycles. The molecule has 0 atom stereocenters. The maximum atomic E-state index is 12.3. The highest BCUT2D eigenvalue weighted by atomic mass is 19.3. The summed E-state index contributed by atoms with van der Waals surface area (Å²) < 4.78 is 29.8. The Bertz CT molecular complexity index is 302. The normalized spacial score (nSPS) is 10.6. The van der Waals surface area contributed by atoms with Crippen molar-refractivity contribution < 1.29 is 13.5 Å². The summed E-state index contributed by atoms with van der Waals surface area (Å²) in [5.74, 6) is 0.611. The van der Waals surface area contributed by atoms with E-state index in [2.05, 4.69) is 0 Å². The molecule has 2 N–H and O–H groups in total. The predicted octanol–water partition coefficient (Wildman–Crippen LogP) is 2.27. The molecule has 0 bridgehead atoms. The topological polar surface area (TPSA) is 35.2 Å². The fourth-order valence-electron chi connectivity index (χ4n) is 1.14. The lowest BCUT2D eigenvalue weighted by molar-refractivity contribution is 0.151. The quantitative estimate of drug-likeness (QED) is 0.811. The zero-order valence-electron chi connectivity index (χ0n) is 7.97. The van der Waals surface area contributed by atoms with Crippen LogP contribution in [0.1, 0.15) is 17.6 Å². The first-order valence-electron chi connectivity index (χ1n) is 4.36. The number of hydrogen-bond donors (Lipinski definition) is 1. The third-order valence-corrected chi connectivity index (χ3v) is 1.83. The van der Waals surface area contributed by atoms with E-state index in [9.17, 15) is 8.78 Å². The van der Waals surface area contributed by atoms with Crippen molar-refractivity contribution in [1.29, 1.82) is 0 Å². The van der Waals surface area contributed by atoms with Crippen LogP contribution >= 0.6 is 0 Å². The standard InChI is InChI=1S/C10H13F2NO/c1-7-6-8(10(11)12)2-3-9(7)14-5-4-13/h2-3,6,10H,4-5,13H2,1H3. The van der Waals surface area contributed by atoms with E-state index in [1.165, 1.54) is 12.1 Å². The van der Waals surface area contributed by atoms with Crippen LogP contribution in [0, 0.1) is 6.92 Å². The second-order valence-electron chi connectivity index (χ2n) is 2.96. The molecule has 0 aliphatic rings. The summed E-state index contributed by atoms with van der Waals surface area (Å²) in [6, 6.07) is 4.34. The summed E-state index contributed by atoms with van der Waals surface area (Å²) in [5, 5.41) is 0. The molecule has 0 heterocycles. The summed E-state index contributed by atoms with van der Waals surface area (Å²) in [6.45, 7) is 2.54. The number of alkyl halides is 2. The van der Waals surface area contributed by atoms with Crippen molar-refractivity contribution in [3.05, 3.63) is 29.3 Å². The minimum absolute atomic E-state index is 0.0163. The largest absolute Gasteiger partial charge is 0.492 e. The van der Waals surface area contributed by atoms with Gasteiger partial charge in [0, 0.05) is 12.1 Å². The van der Waals surface area contributed by atoms with Crippen LogP contribution in [0.3, 0.4) is 0 Å². The summed E-state index contributed by atoms with van der Waals surface area (Å²) >= 11 is 0. The van der Waals surface area contributed by atoms with Crippen LogP contribution in [0.15, 0.2) is 18.2 Å². The van der Waals surface area contributed by atoms with Gasteiger partial charge >= 0.3 is 0 Å². The van der Waals surface area contributed by atoms with Crippen LogP contribution in [0.2, 0.25) is 0 Å². The van der Waals surface area contributed by atoms with Crippen LogP contribution < -0.4 is 10.5 Å². The van der Waals surface area contributed by atoms with Crippen LogP contribution in [-0.4, -0.2) is 13.2 Å². The van der Waals surface area contributed by atoms with Crippen LogP contribution in [-0.2, 0) is 0 Å². The molecule has 0 radical (unpaired) electrons. The van der Waals surface area contributed by atoms with Crippen molar-refractivity contribution in [1.82, 2.24) is 0 Å². The number of benzene rings is 1. The summed E-state index contributed by atoms with van der Waals surface area (Å²) in [4.78, 5) is 0. The van der Waals surface area contributed by atoms with Gasteiger partial charge < -0.3 is 10.5 Å². The Morgan fingerprint density at radius 3 is 2.64 bits per heavy atom. The third kappa shape index (κ3) is 2.67. The van der Waals surface area contributed by atoms with E-state index in [0.29, 0.717) is 24.5 Å². The smallest absolute Gasteiger partial charge is 0.263 e. The van der Waals surface area contributed by atoms with Crippen molar-refractivity contribution in [3.63, 3.8) is 0 Å². The molecule has 0 fully saturated rings. The van der Waals surface area contributed by atoms with E-state index in [-0.39, 0.29) is 5.56 Å². The first-order chi connectivity index (χ1) is 6.65. The van der Waals surface area contributed by atoms with E-state index in [1.54, 1.807) is 13.0 Å². The molecule has 1 rings (SSSR count). The first kappa shape index (κ1) is 10.9. The average molecular weight is 201 g/mol. The molecule has 0 saturated heterocycles. The highest BCUT2D eigenvalue weighted by Gasteiger charge is 2.08. The maximum Gasteiger partial charge on any atom is 0.263 e. The summed E-state index contributed by atoms with van der Waals surface area (Å²) in [6.07, 6.45) is -2.43. The lowest BCUT2D eigenvalue weighted by Gasteiger charge is -2.09. The number of aryl methyl sites for hydroxylation is 1. The fourth-order valence-corrected chi connectivity index (χ4v) is 1.14. The van der Waals surface area contributed by atoms with E-state index in [4.69, 9.17) is 10.5 Å². The SMILES string of the molecule is Cc1cc(C(F)F)ccc1OCCN. The highest BCUT2D eigenvalue weighted by Crippen LogP contribution is 2.25. The van der Waals surface area contributed by atoms with Gasteiger partial charge in [-0.15, -0.1) is 0 Å². The highest BCUT2D eigenvalue weighted by molar-refractivity contribution is 5.36. The van der Waals surface area contributed by atoms with Gasteiger partial charge in [0.05, 0.1) is 0 Å². The Balaban J connectivity index is 2.79. The van der Waals surface area contributed by atoms with Crippen LogP contribution in [0.25, 0.3) is 0 Å². The Morgan fingerprint density at radius 1 is 1.43 bits per heavy atom. The minimum atomic E-state index is -2.43. The minimum Gasteiger partial charge on any atom is -0.492 e. The van der Waals surface area contributed by atoms with Gasteiger partial charge in [-0.2, -0.15) is 0 Å². The number of hydrogen-bond acceptors (Lipinski definition) is 2. The number of halogens is 2. The summed E-state index contributed by atoms with van der Waals surface area (Å²) in [5.41, 5.74) is 5.98. The van der Waals surface area contributed by atoms with Crippen molar-refractivity contribution in [2.24, 2.45) is 5.73 Å². The van der Waals surface area contributed by atoms with Crippen molar-refractivity contribution in [2.45, 2.75) is 13.3 Å². The zero-order chi connectivity index (χ0) is 10.6. The molecule has 0 unspecified atom stereocenters. The Morgan fingerprint density at radius 2 is 2.14 bits per heavy atom. The van der Waals surface area contributed by atoms with Gasteiger partial charge in [-0.3, -0.25) is 0 Å². The molecule has 2 nitrogen and oxygen atoms in total. The number of nitrogens with two attached hydrogens (primary N) is 1. The molecule has 0 aromatic heterocycles. The van der Waals surface area contributed by atoms with E-state index >= 15 is 0 Å². The Kier molecular flexibility index (Phi) is 3.83. The lowest BCUT2D eigenvalue weighted by atomic mass is 10.1. The van der Waals surface area contributed by atoms with E-state index in [1.807, 2.05) is 0 Å². The Hall–Kier alpha value is -1.16. The number of ether oxygens (including phenoxy) is 1. The average Bonchev–Trinajstić information content (AvgIpc) is 2.15. The van der Waals surface area contributed by atoms with Crippen LogP contribution in [0.5, 0.6) is 5.75 Å². The molecule has 1 aromatic carbocycles. The molecule has 14 heavy (non-hydrogen) atoms. The first-order valence-corrected chi connectivity index (χ1v) is 4.36. The van der Waals surface area contributed by atoms with Gasteiger partial charge in [0.2, 0.25) is 0 Å². The molecular formula is C10H13F2NO. The monoisotopic (exact) mass is 201 g/mol. The molecular weight excluding hydrogens is 188 g/mol. The van der Waals surface area contributed by atoms with E-state index in [0.717, 1.165) is 0 Å². The third-order valence-electron chi connectivity index (χ3n) is 1.83. The van der Waals surface area contributed by atoms with Crippen LogP contribution in [0.4, 0.5) is 8.78 Å². The molecule has 0 spiro atoms. The van der Waals surface area contributed by atoms with Crippen molar-refractivity contribution in [3.8, 4) is 5.75 Å². The molecule has 78 valence electrons. The Labute approximate surface area is 81.7 Å². The van der Waals surface area contributed by atoms with Gasteiger partial charge in [-0.1, -0.05) is 0 Å². The lowest BCUT2D eigenvalue weighted by Crippen LogP contribution is -2.11. The molecule has 0 aliphatic heterocycles. The van der Waals surface area contributed by atoms with Crippen molar-refractivity contribution >= 4 is 0 Å². The predicted molar refractivity (Wildman–Crippen MR) is 50.7 cm³/mol. The molecule has 0 amide bonds. The van der Waals surface area contributed by atoms with Crippen molar-refractivity contribution in [2.75, 3.05) is 13.2 Å². The maximum absolute atomic E-state index is 12.3. The second kappa shape index (κ2) is 4.91. The van der Waals surface area contributed by atoms with Gasteiger partial charge in [0.25, 0.3) is 6.43 Å². The van der Waals surface area contributed by atoms with Gasteiger partial charge in [0.1, 0.15) is 12.4 Å². The van der Waals surface area contributed by atoms with Gasteiger partial charge in [-0.25, -0.2) is 8.78 Å². The fraction of sp³-hybridized carbons (Fsp3) is 0.400. The molecule has 0 saturated carbocycles. The zero-order valence-corrected chi connectivity index (χ0v) is 7.97. The van der Waals surface area contributed by atoms with E-state index < -0.39 is 6.43 Å². The molecule has 1 aromatic rings. The summed E-state index contributed by atoms with van der Waals surface area (Å²) in [7, 11) is 0. The van der Waals surface area contributed by atoms with Gasteiger partial charge in [-0.05, 0) is 30.7 Å². The molecule has 4 heteroatoms.